The molecule has 4 nitrogen and oxygen atoms in total. The maximum atomic E-state index is 13.7. The fraction of sp³-hybridized carbons (Fsp3) is 0.278. The molecule has 0 saturated carbocycles. The van der Waals surface area contributed by atoms with Gasteiger partial charge in [0.25, 0.3) is 0 Å². The largest absolute Gasteiger partial charge is 0.486 e. The van der Waals surface area contributed by atoms with E-state index in [4.69, 9.17) is 33.0 Å². The quantitative estimate of drug-likeness (QED) is 0.690. The Morgan fingerprint density at radius 2 is 1.80 bits per heavy atom. The highest BCUT2D eigenvalue weighted by molar-refractivity contribution is 6.37. The molecular formula is C18H18Cl2FNO3. The Morgan fingerprint density at radius 1 is 1.16 bits per heavy atom. The van der Waals surface area contributed by atoms with E-state index in [1.807, 2.05) is 13.8 Å². The Labute approximate surface area is 155 Å². The van der Waals surface area contributed by atoms with Crippen LogP contribution in [0.5, 0.6) is 5.75 Å². The third kappa shape index (κ3) is 5.80. The second-order valence-electron chi connectivity index (χ2n) is 5.89. The van der Waals surface area contributed by atoms with Crippen molar-refractivity contribution < 1.29 is 19.0 Å². The Kier molecular flexibility index (Phi) is 6.51. The predicted molar refractivity (Wildman–Crippen MR) is 97.3 cm³/mol. The average molecular weight is 386 g/mol. The zero-order chi connectivity index (χ0) is 18.6. The molecule has 0 aromatic heterocycles. The van der Waals surface area contributed by atoms with Gasteiger partial charge in [-0.15, -0.1) is 0 Å². The Bertz CT molecular complexity index is 758. The number of carboxylic acid groups (broad SMARTS) is 1. The summed E-state index contributed by atoms with van der Waals surface area (Å²) in [5.41, 5.74) is 1.75. The maximum absolute atomic E-state index is 13.7. The van der Waals surface area contributed by atoms with Gasteiger partial charge in [0.15, 0.2) is 5.75 Å². The number of hydrogen-bond donors (Lipinski definition) is 2. The van der Waals surface area contributed by atoms with E-state index >= 15 is 0 Å². The number of carbonyl (C=O) groups is 1. The molecule has 0 aliphatic heterocycles. The van der Waals surface area contributed by atoms with Crippen LogP contribution in [-0.2, 0) is 17.8 Å². The molecule has 0 heterocycles. The van der Waals surface area contributed by atoms with Crippen LogP contribution >= 0.6 is 23.2 Å². The zero-order valence-corrected chi connectivity index (χ0v) is 15.3. The highest BCUT2D eigenvalue weighted by Gasteiger charge is 2.12. The zero-order valence-electron chi connectivity index (χ0n) is 13.8. The molecule has 0 aliphatic rings. The third-order valence-electron chi connectivity index (χ3n) is 3.21. The van der Waals surface area contributed by atoms with Gasteiger partial charge in [-0.2, -0.15) is 0 Å². The Morgan fingerprint density at radius 3 is 2.36 bits per heavy atom. The van der Waals surface area contributed by atoms with E-state index < -0.39 is 5.97 Å². The fourth-order valence-electron chi connectivity index (χ4n) is 2.33. The molecule has 0 fully saturated rings. The average Bonchev–Trinajstić information content (AvgIpc) is 2.44. The Hall–Kier alpha value is -1.98. The van der Waals surface area contributed by atoms with E-state index in [1.165, 1.54) is 24.3 Å². The summed E-state index contributed by atoms with van der Waals surface area (Å²) in [7, 11) is 0. The lowest BCUT2D eigenvalue weighted by molar-refractivity contribution is -0.136. The second kappa shape index (κ2) is 8.41. The summed E-state index contributed by atoms with van der Waals surface area (Å²) in [4.78, 5) is 10.8. The lowest BCUT2D eigenvalue weighted by Crippen LogP contribution is -2.10. The first-order valence-corrected chi connectivity index (χ1v) is 8.38. The standard InChI is InChI=1S/C18H18Cl2FNO3/c1-10(2)22-14-4-12(3-13(21)8-14)9-25-18-15(19)5-11(6-16(18)20)7-17(23)24/h3-6,8,10,22H,7,9H2,1-2H3,(H,23,24). The summed E-state index contributed by atoms with van der Waals surface area (Å²) in [6.45, 7) is 3.99. The maximum Gasteiger partial charge on any atom is 0.307 e. The van der Waals surface area contributed by atoms with Gasteiger partial charge in [-0.1, -0.05) is 23.2 Å². The van der Waals surface area contributed by atoms with E-state index in [2.05, 4.69) is 5.32 Å². The number of aliphatic carboxylic acids is 1. The molecule has 0 amide bonds. The molecule has 2 rings (SSSR count). The van der Waals surface area contributed by atoms with Crippen molar-refractivity contribution in [1.29, 1.82) is 0 Å². The first-order chi connectivity index (χ1) is 11.7. The normalized spacial score (nSPS) is 10.8. The van der Waals surface area contributed by atoms with Gasteiger partial charge >= 0.3 is 5.97 Å². The summed E-state index contributed by atoms with van der Waals surface area (Å²) < 4.78 is 19.4. The van der Waals surface area contributed by atoms with Crippen molar-refractivity contribution in [2.45, 2.75) is 32.9 Å². The Balaban J connectivity index is 2.16. The molecule has 134 valence electrons. The van der Waals surface area contributed by atoms with Crippen molar-refractivity contribution in [2.75, 3.05) is 5.32 Å². The van der Waals surface area contributed by atoms with Crippen molar-refractivity contribution in [3.8, 4) is 5.75 Å². The molecule has 0 unspecified atom stereocenters. The van der Waals surface area contributed by atoms with Crippen molar-refractivity contribution in [1.82, 2.24) is 0 Å². The van der Waals surface area contributed by atoms with Crippen molar-refractivity contribution in [2.24, 2.45) is 0 Å². The van der Waals surface area contributed by atoms with E-state index in [0.29, 0.717) is 16.8 Å². The lowest BCUT2D eigenvalue weighted by Gasteiger charge is -2.14. The van der Waals surface area contributed by atoms with Crippen LogP contribution in [0.25, 0.3) is 0 Å². The molecule has 0 atom stereocenters. The number of carboxylic acids is 1. The van der Waals surface area contributed by atoms with E-state index in [1.54, 1.807) is 6.07 Å². The summed E-state index contributed by atoms with van der Waals surface area (Å²) in [5, 5.41) is 12.4. The van der Waals surface area contributed by atoms with Gasteiger partial charge in [-0.3, -0.25) is 4.79 Å². The molecule has 0 saturated heterocycles. The van der Waals surface area contributed by atoms with Gasteiger partial charge in [0, 0.05) is 11.7 Å². The van der Waals surface area contributed by atoms with Gasteiger partial charge in [0.2, 0.25) is 0 Å². The first kappa shape index (κ1) is 19.3. The van der Waals surface area contributed by atoms with Crippen molar-refractivity contribution in [3.05, 3.63) is 57.3 Å². The summed E-state index contributed by atoms with van der Waals surface area (Å²) >= 11 is 12.3. The van der Waals surface area contributed by atoms with Gasteiger partial charge in [0.1, 0.15) is 12.4 Å². The van der Waals surface area contributed by atoms with E-state index in [-0.39, 0.29) is 40.7 Å². The highest BCUT2D eigenvalue weighted by Crippen LogP contribution is 2.35. The number of rotatable bonds is 7. The minimum Gasteiger partial charge on any atom is -0.486 e. The van der Waals surface area contributed by atoms with Crippen LogP contribution in [0.3, 0.4) is 0 Å². The molecule has 2 N–H and O–H groups in total. The SMILES string of the molecule is CC(C)Nc1cc(F)cc(COc2c(Cl)cc(CC(=O)O)cc2Cl)c1. The number of hydrogen-bond acceptors (Lipinski definition) is 3. The summed E-state index contributed by atoms with van der Waals surface area (Å²) in [5.74, 6) is -1.12. The molecule has 2 aromatic carbocycles. The molecular weight excluding hydrogens is 368 g/mol. The molecule has 0 radical (unpaired) electrons. The van der Waals surface area contributed by atoms with Gasteiger partial charge in [0.05, 0.1) is 16.5 Å². The summed E-state index contributed by atoms with van der Waals surface area (Å²) in [6.07, 6.45) is -0.187. The first-order valence-electron chi connectivity index (χ1n) is 7.63. The third-order valence-corrected chi connectivity index (χ3v) is 3.77. The van der Waals surface area contributed by atoms with Gasteiger partial charge in [-0.25, -0.2) is 4.39 Å². The smallest absolute Gasteiger partial charge is 0.307 e. The molecule has 25 heavy (non-hydrogen) atoms. The van der Waals surface area contributed by atoms with Crippen LogP contribution in [0.4, 0.5) is 10.1 Å². The number of ether oxygens (including phenoxy) is 1. The van der Waals surface area contributed by atoms with Crippen LogP contribution in [0.2, 0.25) is 10.0 Å². The van der Waals surface area contributed by atoms with Crippen LogP contribution in [0.15, 0.2) is 30.3 Å². The number of halogens is 3. The number of nitrogens with one attached hydrogen (secondary N) is 1. The summed E-state index contributed by atoms with van der Waals surface area (Å²) in [6, 6.07) is 7.71. The monoisotopic (exact) mass is 385 g/mol. The fourth-order valence-corrected chi connectivity index (χ4v) is 2.97. The number of benzene rings is 2. The highest BCUT2D eigenvalue weighted by atomic mass is 35.5. The lowest BCUT2D eigenvalue weighted by atomic mass is 10.1. The topological polar surface area (TPSA) is 58.6 Å². The molecule has 0 bridgehead atoms. The number of anilines is 1. The van der Waals surface area contributed by atoms with Crippen LogP contribution in [0, 0.1) is 5.82 Å². The van der Waals surface area contributed by atoms with Crippen LogP contribution in [-0.4, -0.2) is 17.1 Å². The van der Waals surface area contributed by atoms with Crippen LogP contribution in [0.1, 0.15) is 25.0 Å². The van der Waals surface area contributed by atoms with Gasteiger partial charge in [-0.05, 0) is 55.3 Å². The molecule has 2 aromatic rings. The van der Waals surface area contributed by atoms with Crippen LogP contribution < -0.4 is 10.1 Å². The minimum atomic E-state index is -0.981. The van der Waals surface area contributed by atoms with E-state index in [0.717, 1.165) is 0 Å². The second-order valence-corrected chi connectivity index (χ2v) is 6.71. The molecule has 7 heteroatoms. The predicted octanol–water partition coefficient (Wildman–Crippen LogP) is 5.16. The van der Waals surface area contributed by atoms with E-state index in [9.17, 15) is 9.18 Å². The van der Waals surface area contributed by atoms with Gasteiger partial charge < -0.3 is 15.2 Å². The molecule has 0 aliphatic carbocycles. The molecule has 0 spiro atoms. The van der Waals surface area contributed by atoms with Crippen molar-refractivity contribution >= 4 is 34.9 Å². The minimum absolute atomic E-state index is 0.0717. The van der Waals surface area contributed by atoms with Crippen molar-refractivity contribution in [3.63, 3.8) is 0 Å².